The number of hydrazine groups is 1. The van der Waals surface area contributed by atoms with Gasteiger partial charge in [0.15, 0.2) is 0 Å². The number of aromatic nitrogens is 2. The van der Waals surface area contributed by atoms with Crippen LogP contribution in [0.15, 0.2) is 101 Å². The lowest BCUT2D eigenvalue weighted by atomic mass is 9.84. The van der Waals surface area contributed by atoms with E-state index in [0.29, 0.717) is 32.4 Å². The van der Waals surface area contributed by atoms with Crippen LogP contribution in [0.2, 0.25) is 0 Å². The number of pyridine rings is 1. The number of aryl methyl sites for hydroxylation is 2. The molecule has 0 aliphatic carbocycles. The Labute approximate surface area is 388 Å². The number of carbonyl (C=O) groups excluding carboxylic acids is 4. The maximum Gasteiger partial charge on any atom is 0.324 e. The lowest BCUT2D eigenvalue weighted by Gasteiger charge is -2.36. The number of likely N-dealkylation sites (N-methyl/N-ethyl adjacent to an activating group) is 1. The molecule has 0 spiro atoms. The second-order valence-electron chi connectivity index (χ2n) is 18.6. The predicted molar refractivity (Wildman–Crippen MR) is 258 cm³/mol. The maximum atomic E-state index is 14.7. The molecule has 2 aliphatic heterocycles. The van der Waals surface area contributed by atoms with Gasteiger partial charge in [-0.05, 0) is 90.1 Å². The molecular formula is C53H64N8O5. The third kappa shape index (κ3) is 11.0. The molecule has 346 valence electrons. The first-order valence-electron chi connectivity index (χ1n) is 23.4. The lowest BCUT2D eigenvalue weighted by molar-refractivity contribution is -0.155. The molecule has 1 fully saturated rings. The number of aliphatic imine (C=N–C) groups is 2. The van der Waals surface area contributed by atoms with E-state index in [9.17, 15) is 19.2 Å². The number of esters is 1. The van der Waals surface area contributed by atoms with Crippen LogP contribution in [0, 0.1) is 11.3 Å². The summed E-state index contributed by atoms with van der Waals surface area (Å²) in [6, 6.07) is 26.6. The number of ether oxygens (including phenoxy) is 1. The van der Waals surface area contributed by atoms with Crippen LogP contribution in [0.4, 0.5) is 0 Å². The Kier molecular flexibility index (Phi) is 15.3. The van der Waals surface area contributed by atoms with Crippen LogP contribution < -0.4 is 10.7 Å². The summed E-state index contributed by atoms with van der Waals surface area (Å²) >= 11 is 0. The Morgan fingerprint density at radius 1 is 1.02 bits per heavy atom. The Morgan fingerprint density at radius 2 is 1.80 bits per heavy atom. The summed E-state index contributed by atoms with van der Waals surface area (Å²) in [6.07, 6.45) is 6.59. The van der Waals surface area contributed by atoms with E-state index >= 15 is 0 Å². The van der Waals surface area contributed by atoms with Gasteiger partial charge >= 0.3 is 5.97 Å². The van der Waals surface area contributed by atoms with Crippen LogP contribution in [-0.4, -0.2) is 94.0 Å². The maximum absolute atomic E-state index is 14.7. The molecule has 1 saturated heterocycles. The van der Waals surface area contributed by atoms with E-state index < -0.39 is 35.4 Å². The predicted octanol–water partition coefficient (Wildman–Crippen LogP) is 7.85. The van der Waals surface area contributed by atoms with Crippen LogP contribution in [0.25, 0.3) is 33.3 Å². The number of rotatable bonds is 12. The summed E-state index contributed by atoms with van der Waals surface area (Å²) in [5, 5.41) is 5.63. The molecule has 2 N–H and O–H groups in total. The zero-order valence-corrected chi connectivity index (χ0v) is 39.5. The average Bonchev–Trinajstić information content (AvgIpc) is 3.62. The van der Waals surface area contributed by atoms with Crippen LogP contribution in [-0.2, 0) is 56.3 Å². The minimum Gasteiger partial charge on any atom is -0.464 e. The largest absolute Gasteiger partial charge is 0.464 e. The van der Waals surface area contributed by atoms with Gasteiger partial charge in [-0.1, -0.05) is 95.3 Å². The molecule has 2 aromatic heterocycles. The number of fused-ring (bicyclic) bond motifs is 6. The van der Waals surface area contributed by atoms with E-state index in [2.05, 4.69) is 100 Å². The van der Waals surface area contributed by atoms with Crippen molar-refractivity contribution in [1.29, 1.82) is 0 Å². The molecule has 66 heavy (non-hydrogen) atoms. The summed E-state index contributed by atoms with van der Waals surface area (Å²) in [5.74, 6) is -1.81. The van der Waals surface area contributed by atoms with E-state index in [-0.39, 0.29) is 43.7 Å². The van der Waals surface area contributed by atoms with Gasteiger partial charge in [-0.3, -0.25) is 29.2 Å². The minimum atomic E-state index is -1.02. The van der Waals surface area contributed by atoms with Crippen molar-refractivity contribution in [3.05, 3.63) is 114 Å². The molecule has 0 saturated carbocycles. The standard InChI is InChI=1S/C53H64N8O5/c1-8-38-22-24-54-32-43(38)49-42-30-53(5,6)33-66-52(65)44-19-14-26-61(58-44)51(64)45(28-37-17-13-18-39(27-37)40-20-21-46(41(42)29-40)60(49)9-2)57-50(63)48(35(3)4)59(7)47(62)23-25-55-34-56-31-36-15-11-10-12-16-36/h10-13,15-18,20-22,24,27,29,32,35,44-45,48,58H,8-9,14,19,23,25-26,28,30-31,33H2,1-7H3,(H,57,63)/t44-,45-,48-/m0/s1. The summed E-state index contributed by atoms with van der Waals surface area (Å²) in [7, 11) is 1.61. The van der Waals surface area contributed by atoms with Crippen molar-refractivity contribution in [3.63, 3.8) is 0 Å². The highest BCUT2D eigenvalue weighted by molar-refractivity contribution is 5.96. The molecule has 7 rings (SSSR count). The van der Waals surface area contributed by atoms with Gasteiger partial charge in [0, 0.05) is 67.3 Å². The van der Waals surface area contributed by atoms with Crippen LogP contribution in [0.3, 0.4) is 0 Å². The second kappa shape index (κ2) is 21.3. The molecule has 3 amide bonds. The molecule has 3 aromatic carbocycles. The number of cyclic esters (lactones) is 1. The first kappa shape index (κ1) is 47.5. The zero-order chi connectivity index (χ0) is 47.0. The Hall–Kier alpha value is -6.43. The highest BCUT2D eigenvalue weighted by atomic mass is 16.5. The number of nitrogens with one attached hydrogen (secondary N) is 2. The van der Waals surface area contributed by atoms with Gasteiger partial charge in [0.05, 0.1) is 31.4 Å². The van der Waals surface area contributed by atoms with Gasteiger partial charge in [-0.15, -0.1) is 0 Å². The fraction of sp³-hybridized carbons (Fsp3) is 0.434. The van der Waals surface area contributed by atoms with Crippen molar-refractivity contribution >= 4 is 40.6 Å². The molecule has 2 aliphatic rings. The van der Waals surface area contributed by atoms with E-state index in [0.717, 1.165) is 57.4 Å². The summed E-state index contributed by atoms with van der Waals surface area (Å²) in [4.78, 5) is 70.9. The highest BCUT2D eigenvalue weighted by Crippen LogP contribution is 2.41. The Bertz CT molecular complexity index is 2610. The van der Waals surface area contributed by atoms with E-state index in [1.54, 1.807) is 7.05 Å². The van der Waals surface area contributed by atoms with Crippen LogP contribution in [0.1, 0.15) is 83.1 Å². The third-order valence-electron chi connectivity index (χ3n) is 12.7. The SMILES string of the molecule is CCc1ccncc1-c1c2c3cc(ccc3n1CC)-c1cccc(c1)C[C@H](NC(=O)[C@H](C(C)C)N(C)C(=O)CCN=C=NCc1ccccc1)C(=O)N1CCC[C@H](N1)C(=O)OCC(C)(C)C2. The summed E-state index contributed by atoms with van der Waals surface area (Å²) < 4.78 is 8.49. The monoisotopic (exact) mass is 892 g/mol. The first-order valence-corrected chi connectivity index (χ1v) is 23.4. The van der Waals surface area contributed by atoms with Crippen LogP contribution in [0.5, 0.6) is 0 Å². The lowest BCUT2D eigenvalue weighted by Crippen LogP contribution is -2.62. The number of benzene rings is 3. The number of hydrogen-bond acceptors (Lipinski definition) is 9. The van der Waals surface area contributed by atoms with E-state index in [1.807, 2.05) is 68.7 Å². The van der Waals surface area contributed by atoms with Gasteiger partial charge in [0.25, 0.3) is 5.91 Å². The third-order valence-corrected chi connectivity index (χ3v) is 12.7. The van der Waals surface area contributed by atoms with Gasteiger partial charge in [-0.2, -0.15) is 0 Å². The van der Waals surface area contributed by atoms with Crippen molar-refractivity contribution < 1.29 is 23.9 Å². The molecule has 0 unspecified atom stereocenters. The van der Waals surface area contributed by atoms with Crippen molar-refractivity contribution in [3.8, 4) is 22.4 Å². The highest BCUT2D eigenvalue weighted by Gasteiger charge is 2.37. The molecular weight excluding hydrogens is 829 g/mol. The van der Waals surface area contributed by atoms with Gasteiger partial charge < -0.3 is 19.5 Å². The summed E-state index contributed by atoms with van der Waals surface area (Å²) in [6.45, 7) is 14.2. The van der Waals surface area contributed by atoms with Gasteiger partial charge in [0.1, 0.15) is 18.1 Å². The van der Waals surface area contributed by atoms with Gasteiger partial charge in [0.2, 0.25) is 11.8 Å². The normalized spacial score (nSPS) is 17.9. The number of carbonyl (C=O) groups is 4. The molecule has 4 heterocycles. The molecule has 3 atom stereocenters. The smallest absolute Gasteiger partial charge is 0.324 e. The number of hydrogen-bond donors (Lipinski definition) is 2. The van der Waals surface area contributed by atoms with Gasteiger partial charge in [-0.25, -0.2) is 15.4 Å². The molecule has 13 nitrogen and oxygen atoms in total. The molecule has 13 heteroatoms. The molecule has 0 radical (unpaired) electrons. The summed E-state index contributed by atoms with van der Waals surface area (Å²) in [5.41, 5.74) is 12.3. The number of nitrogens with zero attached hydrogens (tertiary/aromatic N) is 6. The Morgan fingerprint density at radius 3 is 2.56 bits per heavy atom. The fourth-order valence-corrected chi connectivity index (χ4v) is 9.35. The van der Waals surface area contributed by atoms with Crippen molar-refractivity contribution in [2.24, 2.45) is 21.3 Å². The quantitative estimate of drug-likeness (QED) is 0.0957. The zero-order valence-electron chi connectivity index (χ0n) is 39.5. The number of amides is 3. The second-order valence-corrected chi connectivity index (χ2v) is 18.6. The Balaban J connectivity index is 1.21. The van der Waals surface area contributed by atoms with Crippen LogP contribution >= 0.6 is 0 Å². The van der Waals surface area contributed by atoms with E-state index in [1.165, 1.54) is 21.0 Å². The fourth-order valence-electron chi connectivity index (χ4n) is 9.35. The van der Waals surface area contributed by atoms with Crippen molar-refractivity contribution in [1.82, 2.24) is 30.2 Å². The first-order chi connectivity index (χ1) is 31.8. The molecule has 6 bridgehead atoms. The van der Waals surface area contributed by atoms with Crippen molar-refractivity contribution in [2.75, 3.05) is 26.7 Å². The van der Waals surface area contributed by atoms with Crippen molar-refractivity contribution in [2.45, 2.75) is 111 Å². The molecule has 5 aromatic rings. The minimum absolute atomic E-state index is 0.0589. The topological polar surface area (TPSA) is 151 Å². The average molecular weight is 893 g/mol. The van der Waals surface area contributed by atoms with E-state index in [4.69, 9.17) is 4.74 Å².